The molecule has 0 bridgehead atoms. The van der Waals surface area contributed by atoms with Gasteiger partial charge in [-0.25, -0.2) is 8.78 Å². The minimum absolute atomic E-state index is 0.109. The summed E-state index contributed by atoms with van der Waals surface area (Å²) in [6.07, 6.45) is 2.35. The predicted molar refractivity (Wildman–Crippen MR) is 75.2 cm³/mol. The standard InChI is InChI=1S/C17H17F2N/c18-14-7-8-16(19)13(10-14)9-12-6-5-11-3-1-2-4-15(11)17(12)20/h1-4,7-8,10,12,17H,5-6,9,20H2. The molecule has 2 unspecified atom stereocenters. The van der Waals surface area contributed by atoms with Gasteiger partial charge in [-0.1, -0.05) is 24.3 Å². The Balaban J connectivity index is 1.84. The molecule has 2 atom stereocenters. The molecule has 1 aliphatic carbocycles. The van der Waals surface area contributed by atoms with Crippen LogP contribution in [0.2, 0.25) is 0 Å². The molecule has 2 aromatic rings. The summed E-state index contributed by atoms with van der Waals surface area (Å²) in [6.45, 7) is 0. The largest absolute Gasteiger partial charge is 0.324 e. The lowest BCUT2D eigenvalue weighted by Crippen LogP contribution is -2.29. The van der Waals surface area contributed by atoms with Gasteiger partial charge in [-0.05, 0) is 60.1 Å². The molecule has 0 spiro atoms. The van der Waals surface area contributed by atoms with Gasteiger partial charge in [-0.3, -0.25) is 0 Å². The molecule has 3 heteroatoms. The summed E-state index contributed by atoms with van der Waals surface area (Å²) >= 11 is 0. The number of nitrogens with two attached hydrogens (primary N) is 1. The van der Waals surface area contributed by atoms with Crippen LogP contribution in [0.5, 0.6) is 0 Å². The van der Waals surface area contributed by atoms with Gasteiger partial charge in [0.2, 0.25) is 0 Å². The normalized spacial score (nSPS) is 21.6. The molecule has 0 saturated carbocycles. The first kappa shape index (κ1) is 13.3. The summed E-state index contributed by atoms with van der Waals surface area (Å²) in [5.41, 5.74) is 9.14. The third-order valence-corrected chi connectivity index (χ3v) is 4.20. The van der Waals surface area contributed by atoms with E-state index in [1.165, 1.54) is 17.7 Å². The molecule has 0 fully saturated rings. The maximum absolute atomic E-state index is 13.7. The third kappa shape index (κ3) is 2.46. The zero-order valence-corrected chi connectivity index (χ0v) is 11.2. The van der Waals surface area contributed by atoms with Crippen molar-refractivity contribution in [2.75, 3.05) is 0 Å². The first-order chi connectivity index (χ1) is 9.65. The van der Waals surface area contributed by atoms with E-state index < -0.39 is 5.82 Å². The smallest absolute Gasteiger partial charge is 0.126 e. The number of rotatable bonds is 2. The first-order valence-corrected chi connectivity index (χ1v) is 6.92. The van der Waals surface area contributed by atoms with Crippen LogP contribution in [0, 0.1) is 17.6 Å². The van der Waals surface area contributed by atoms with Gasteiger partial charge in [0.15, 0.2) is 0 Å². The van der Waals surface area contributed by atoms with Gasteiger partial charge in [-0.15, -0.1) is 0 Å². The summed E-state index contributed by atoms with van der Waals surface area (Å²) in [5.74, 6) is -0.593. The second-order valence-electron chi connectivity index (χ2n) is 5.46. The van der Waals surface area contributed by atoms with Crippen LogP contribution >= 0.6 is 0 Å². The lowest BCUT2D eigenvalue weighted by molar-refractivity contribution is 0.371. The fourth-order valence-corrected chi connectivity index (χ4v) is 3.07. The van der Waals surface area contributed by atoms with Crippen LogP contribution in [0.15, 0.2) is 42.5 Å². The first-order valence-electron chi connectivity index (χ1n) is 6.92. The highest BCUT2D eigenvalue weighted by atomic mass is 19.1. The second kappa shape index (κ2) is 5.33. The Morgan fingerprint density at radius 1 is 1.10 bits per heavy atom. The van der Waals surface area contributed by atoms with E-state index in [1.54, 1.807) is 0 Å². The van der Waals surface area contributed by atoms with Crippen LogP contribution in [-0.4, -0.2) is 0 Å². The van der Waals surface area contributed by atoms with Crippen molar-refractivity contribution in [3.05, 3.63) is 70.8 Å². The number of halogens is 2. The van der Waals surface area contributed by atoms with E-state index in [2.05, 4.69) is 6.07 Å². The number of hydrogen-bond acceptors (Lipinski definition) is 1. The molecule has 0 aromatic heterocycles. The Hall–Kier alpha value is -1.74. The average Bonchev–Trinajstić information content (AvgIpc) is 2.46. The number of hydrogen-bond donors (Lipinski definition) is 1. The van der Waals surface area contributed by atoms with E-state index >= 15 is 0 Å². The summed E-state index contributed by atoms with van der Waals surface area (Å²) in [6, 6.07) is 11.6. The van der Waals surface area contributed by atoms with Gasteiger partial charge < -0.3 is 5.73 Å². The van der Waals surface area contributed by atoms with E-state index in [4.69, 9.17) is 5.73 Å². The van der Waals surface area contributed by atoms with Gasteiger partial charge in [0.25, 0.3) is 0 Å². The van der Waals surface area contributed by atoms with Gasteiger partial charge in [0, 0.05) is 6.04 Å². The summed E-state index contributed by atoms with van der Waals surface area (Å²) in [4.78, 5) is 0. The molecule has 1 aliphatic rings. The highest BCUT2D eigenvalue weighted by Gasteiger charge is 2.27. The molecule has 2 N–H and O–H groups in total. The monoisotopic (exact) mass is 273 g/mol. The second-order valence-corrected chi connectivity index (χ2v) is 5.46. The van der Waals surface area contributed by atoms with E-state index in [0.29, 0.717) is 12.0 Å². The number of benzene rings is 2. The molecule has 0 radical (unpaired) electrons. The van der Waals surface area contributed by atoms with Crippen molar-refractivity contribution in [3.8, 4) is 0 Å². The van der Waals surface area contributed by atoms with Crippen LogP contribution in [0.4, 0.5) is 8.78 Å². The van der Waals surface area contributed by atoms with E-state index in [-0.39, 0.29) is 17.8 Å². The highest BCUT2D eigenvalue weighted by Crippen LogP contribution is 2.35. The molecule has 0 aliphatic heterocycles. The minimum Gasteiger partial charge on any atom is -0.324 e. The maximum Gasteiger partial charge on any atom is 0.126 e. The van der Waals surface area contributed by atoms with Crippen LogP contribution in [0.25, 0.3) is 0 Å². The average molecular weight is 273 g/mol. The highest BCUT2D eigenvalue weighted by molar-refractivity contribution is 5.33. The quantitative estimate of drug-likeness (QED) is 0.885. The summed E-state index contributed by atoms with van der Waals surface area (Å²) in [5, 5.41) is 0. The lowest BCUT2D eigenvalue weighted by atomic mass is 9.77. The Bertz CT molecular complexity index is 624. The molecular formula is C17H17F2N. The van der Waals surface area contributed by atoms with Crippen molar-refractivity contribution in [1.29, 1.82) is 0 Å². The molecule has 20 heavy (non-hydrogen) atoms. The van der Waals surface area contributed by atoms with Crippen molar-refractivity contribution < 1.29 is 8.78 Å². The predicted octanol–water partition coefficient (Wildman–Crippen LogP) is 3.77. The number of fused-ring (bicyclic) bond motifs is 1. The maximum atomic E-state index is 13.7. The third-order valence-electron chi connectivity index (χ3n) is 4.20. The Kier molecular flexibility index (Phi) is 3.53. The molecule has 0 amide bonds. The Morgan fingerprint density at radius 2 is 1.90 bits per heavy atom. The van der Waals surface area contributed by atoms with Crippen LogP contribution in [0.3, 0.4) is 0 Å². The van der Waals surface area contributed by atoms with Crippen molar-refractivity contribution >= 4 is 0 Å². The van der Waals surface area contributed by atoms with E-state index in [0.717, 1.165) is 24.5 Å². The Labute approximate surface area is 117 Å². The summed E-state index contributed by atoms with van der Waals surface area (Å²) in [7, 11) is 0. The molecule has 1 nitrogen and oxygen atoms in total. The fraction of sp³-hybridized carbons (Fsp3) is 0.294. The lowest BCUT2D eigenvalue weighted by Gasteiger charge is -2.31. The van der Waals surface area contributed by atoms with Gasteiger partial charge in [0.05, 0.1) is 0 Å². The van der Waals surface area contributed by atoms with Gasteiger partial charge in [0.1, 0.15) is 11.6 Å². The molecule has 3 rings (SSSR count). The van der Waals surface area contributed by atoms with Crippen molar-refractivity contribution in [1.82, 2.24) is 0 Å². The van der Waals surface area contributed by atoms with Gasteiger partial charge in [-0.2, -0.15) is 0 Å². The van der Waals surface area contributed by atoms with Crippen LogP contribution in [0.1, 0.15) is 29.2 Å². The molecular weight excluding hydrogens is 256 g/mol. The van der Waals surface area contributed by atoms with Crippen LogP contribution in [-0.2, 0) is 12.8 Å². The zero-order valence-electron chi connectivity index (χ0n) is 11.2. The fourth-order valence-electron chi connectivity index (χ4n) is 3.07. The van der Waals surface area contributed by atoms with Gasteiger partial charge >= 0.3 is 0 Å². The van der Waals surface area contributed by atoms with E-state index in [1.807, 2.05) is 18.2 Å². The topological polar surface area (TPSA) is 26.0 Å². The molecule has 0 heterocycles. The minimum atomic E-state index is -0.397. The van der Waals surface area contributed by atoms with Crippen LogP contribution < -0.4 is 5.73 Å². The Morgan fingerprint density at radius 3 is 2.75 bits per heavy atom. The van der Waals surface area contributed by atoms with E-state index in [9.17, 15) is 8.78 Å². The SMILES string of the molecule is NC1c2ccccc2CCC1Cc1cc(F)ccc1F. The molecule has 2 aromatic carbocycles. The summed E-state index contributed by atoms with van der Waals surface area (Å²) < 4.78 is 27.0. The molecule has 0 saturated heterocycles. The van der Waals surface area contributed by atoms with Crippen molar-refractivity contribution in [3.63, 3.8) is 0 Å². The number of aryl methyl sites for hydroxylation is 1. The molecule has 104 valence electrons. The van der Waals surface area contributed by atoms with Crippen molar-refractivity contribution in [2.45, 2.75) is 25.3 Å². The zero-order chi connectivity index (χ0) is 14.1. The van der Waals surface area contributed by atoms with Crippen molar-refractivity contribution in [2.24, 2.45) is 11.7 Å².